The van der Waals surface area contributed by atoms with Crippen LogP contribution in [0.5, 0.6) is 0 Å². The first-order valence-electron chi connectivity index (χ1n) is 26.3. The molecule has 5 amide bonds. The van der Waals surface area contributed by atoms with Crippen molar-refractivity contribution in [3.63, 3.8) is 0 Å². The van der Waals surface area contributed by atoms with Gasteiger partial charge in [-0.25, -0.2) is 0 Å². The molecule has 1 aliphatic rings. The first-order valence-corrected chi connectivity index (χ1v) is 33.7. The van der Waals surface area contributed by atoms with E-state index in [1.54, 1.807) is 42.5 Å². The summed E-state index contributed by atoms with van der Waals surface area (Å²) < 4.78 is 3.45. The molecule has 0 aromatic heterocycles. The second-order valence-electron chi connectivity index (χ2n) is 19.4. The number of aliphatic carboxylic acids is 4. The number of nitrogens with zero attached hydrogens (tertiary/aromatic N) is 1. The molecule has 0 saturated carbocycles. The molecule has 0 bridgehead atoms. The van der Waals surface area contributed by atoms with E-state index in [1.165, 1.54) is 6.07 Å². The quantitative estimate of drug-likeness (QED) is 0.0231. The van der Waals surface area contributed by atoms with E-state index < -0.39 is 159 Å². The van der Waals surface area contributed by atoms with E-state index in [-0.39, 0.29) is 49.3 Å². The van der Waals surface area contributed by atoms with Gasteiger partial charge in [0.25, 0.3) is 5.91 Å². The molecule has 21 nitrogen and oxygen atoms in total. The van der Waals surface area contributed by atoms with Gasteiger partial charge in [0.1, 0.15) is 0 Å². The number of rotatable bonds is 38. The maximum atomic E-state index is 14.5. The molecular weight excluding hydrogens is 1100 g/mol. The Morgan fingerprint density at radius 3 is 1.59 bits per heavy atom. The fourth-order valence-electron chi connectivity index (χ4n) is 9.14. The fraction of sp³-hybridized carbons (Fsp3) is 0.556. The van der Waals surface area contributed by atoms with Gasteiger partial charge in [0, 0.05) is 24.9 Å². The van der Waals surface area contributed by atoms with Crippen LogP contribution in [-0.2, 0) is 48.0 Å². The summed E-state index contributed by atoms with van der Waals surface area (Å²) in [4.78, 5) is 161. The van der Waals surface area contributed by atoms with Crippen LogP contribution >= 0.6 is 0 Å². The number of Topliss-reactive ketones (excluding diaryl/α,β-unsaturated/α-hetero) is 2. The van der Waals surface area contributed by atoms with Gasteiger partial charge in [-0.2, -0.15) is 0 Å². The molecule has 0 spiro atoms. The maximum absolute atomic E-state index is 14.5. The molecule has 76 heavy (non-hydrogen) atoms. The van der Waals surface area contributed by atoms with Crippen molar-refractivity contribution in [3.8, 4) is 0 Å². The number of benzene rings is 2. The number of unbranched alkanes of at least 4 members (excludes halogenated alkanes) is 4. The third-order valence-electron chi connectivity index (χ3n) is 13.6. The van der Waals surface area contributed by atoms with Crippen LogP contribution in [-0.4, -0.2) is 133 Å². The standard InChI is InChI=1S/C42H47N4O17.3C4H9.Sn/c47-31(29(13-18-36(53)54)44-39(58)25-10-6-11-28(21-25)42(62)63-46-33(49)15-16-34(46)50)22-26(12-17-35(51)52)40(59)45-30(14-19-37(55)56)32(48)23-27(41(60)61)9-4-5-20-43-38(57)24-7-2-1-3-8-24;3*1-3-4-2;/h1-3,7-8,10-11,21,26-27,29-30H,4-5,9,12-20,22-23H2,(H,43,57)(H,44,58)(H,45,59)(H,51,52)(H,53,54)(H,55,56)(H,60,61);3*1,3-4H2,2H3;/t26-,27-,29+,30+;;;;/m0..../s1. The summed E-state index contributed by atoms with van der Waals surface area (Å²) in [6.07, 6.45) is 0.728. The van der Waals surface area contributed by atoms with Crippen LogP contribution in [0.4, 0.5) is 0 Å². The first kappa shape index (κ1) is 63.8. The minimum atomic E-state index is -3.57. The zero-order chi connectivity index (χ0) is 56.4. The van der Waals surface area contributed by atoms with Crippen molar-refractivity contribution >= 4 is 92.9 Å². The second-order valence-corrected chi connectivity index (χ2v) is 32.7. The van der Waals surface area contributed by atoms with Crippen molar-refractivity contribution in [3.05, 3.63) is 65.2 Å². The molecule has 3 rings (SSSR count). The number of carbonyl (C=O) groups excluding carboxylic acids is 8. The number of carboxylic acids is 4. The van der Waals surface area contributed by atoms with Gasteiger partial charge in [-0.3, -0.25) is 24.0 Å². The predicted octanol–water partition coefficient (Wildman–Crippen LogP) is 5.98. The Balaban J connectivity index is 1.96. The van der Waals surface area contributed by atoms with Crippen LogP contribution in [0.25, 0.3) is 0 Å². The van der Waals surface area contributed by atoms with E-state index in [1.807, 2.05) is 0 Å². The summed E-state index contributed by atoms with van der Waals surface area (Å²) in [5.74, 6) is -14.7. The van der Waals surface area contributed by atoms with Gasteiger partial charge in [-0.15, -0.1) is 0 Å². The average molecular weight is 1170 g/mol. The number of imide groups is 1. The Morgan fingerprint density at radius 2 is 1.08 bits per heavy atom. The summed E-state index contributed by atoms with van der Waals surface area (Å²) in [6, 6.07) is 9.75. The molecule has 4 atom stereocenters. The molecule has 2 aromatic rings. The minimum absolute atomic E-state index is 0.0161. The molecule has 1 heterocycles. The van der Waals surface area contributed by atoms with E-state index in [4.69, 9.17) is 4.84 Å². The molecule has 22 heteroatoms. The number of ketones is 2. The van der Waals surface area contributed by atoms with Gasteiger partial charge in [-0.05, 0) is 31.4 Å². The molecule has 0 unspecified atom stereocenters. The number of hydrogen-bond donors (Lipinski definition) is 7. The van der Waals surface area contributed by atoms with Crippen molar-refractivity contribution in [2.75, 3.05) is 6.54 Å². The average Bonchev–Trinajstić information content (AvgIpc) is 3.70. The summed E-state index contributed by atoms with van der Waals surface area (Å²) in [5, 5.41) is 46.9. The van der Waals surface area contributed by atoms with Gasteiger partial charge in [0.15, 0.2) is 5.78 Å². The molecule has 7 N–H and O–H groups in total. The van der Waals surface area contributed by atoms with E-state index in [0.717, 1.165) is 55.4 Å². The van der Waals surface area contributed by atoms with Crippen molar-refractivity contribution in [1.82, 2.24) is 21.0 Å². The molecule has 416 valence electrons. The van der Waals surface area contributed by atoms with Crippen molar-refractivity contribution in [1.29, 1.82) is 0 Å². The normalized spacial score (nSPS) is 14.0. The number of carboxylic acid groups (broad SMARTS) is 4. The molecule has 1 fully saturated rings. The number of hydroxylamine groups is 2. The molecule has 1 aliphatic heterocycles. The number of amides is 5. The Hall–Kier alpha value is -6.52. The third-order valence-corrected chi connectivity index (χ3v) is 29.1. The molecule has 1 saturated heterocycles. The van der Waals surface area contributed by atoms with E-state index in [2.05, 4.69) is 36.7 Å². The molecule has 0 aliphatic carbocycles. The summed E-state index contributed by atoms with van der Waals surface area (Å²) in [7, 11) is 0. The van der Waals surface area contributed by atoms with Crippen LogP contribution in [0.15, 0.2) is 48.5 Å². The van der Waals surface area contributed by atoms with Crippen molar-refractivity contribution < 1.29 is 82.8 Å². The zero-order valence-electron chi connectivity index (χ0n) is 43.7. The van der Waals surface area contributed by atoms with Crippen LogP contribution in [0, 0.1) is 11.8 Å². The van der Waals surface area contributed by atoms with E-state index in [9.17, 15) is 78.0 Å². The second kappa shape index (κ2) is 32.8. The summed E-state index contributed by atoms with van der Waals surface area (Å²) >= 11 is -3.57. The fourth-order valence-corrected chi connectivity index (χ4v) is 25.2. The monoisotopic (exact) mass is 1170 g/mol. The van der Waals surface area contributed by atoms with Gasteiger partial charge in [0.05, 0.1) is 5.92 Å². The molecular formula is C54H74N4O17Sn. The Bertz CT molecular complexity index is 2360. The molecule has 0 radical (unpaired) electrons. The zero-order valence-corrected chi connectivity index (χ0v) is 46.6. The topological polar surface area (TPSA) is 334 Å². The van der Waals surface area contributed by atoms with Gasteiger partial charge < -0.3 is 20.6 Å². The van der Waals surface area contributed by atoms with E-state index >= 15 is 0 Å². The first-order chi connectivity index (χ1) is 36.1. The van der Waals surface area contributed by atoms with Crippen LogP contribution in [0.1, 0.15) is 174 Å². The Kier molecular flexibility index (Phi) is 27.5. The third kappa shape index (κ3) is 21.2. The molecule has 2 aromatic carbocycles. The van der Waals surface area contributed by atoms with Crippen LogP contribution in [0.2, 0.25) is 13.3 Å². The van der Waals surface area contributed by atoms with E-state index in [0.29, 0.717) is 17.0 Å². The van der Waals surface area contributed by atoms with Gasteiger partial charge in [0.2, 0.25) is 0 Å². The van der Waals surface area contributed by atoms with Gasteiger partial charge >= 0.3 is 305 Å². The predicted molar refractivity (Wildman–Crippen MR) is 278 cm³/mol. The van der Waals surface area contributed by atoms with Crippen LogP contribution in [0.3, 0.4) is 0 Å². The number of hydrogen-bond acceptors (Lipinski definition) is 13. The van der Waals surface area contributed by atoms with Crippen molar-refractivity contribution in [2.24, 2.45) is 11.8 Å². The van der Waals surface area contributed by atoms with Gasteiger partial charge in [-0.1, -0.05) is 24.6 Å². The Morgan fingerprint density at radius 1 is 0.579 bits per heavy atom. The SMILES string of the molecule is CCC[CH2][Sn]([CH2]CCC)([CH2]CCC)[c]1cc(C(=O)N[C@H](CCC(=O)O)C(=O)C[C@H](CCC(=O)O)C(=O)N[C@H](CCC(=O)O)C(=O)C[C@H](CCCCNC(=O)c2ccccc2)C(=O)O)cc(C(=O)ON2C(=O)CCC2=O)c1. The van der Waals surface area contributed by atoms with Crippen LogP contribution < -0.4 is 19.5 Å². The number of nitrogens with one attached hydrogen (secondary N) is 3. The number of carbonyl (C=O) groups is 12. The summed E-state index contributed by atoms with van der Waals surface area (Å²) in [5.41, 5.74) is 0.201. The Labute approximate surface area is 446 Å². The summed E-state index contributed by atoms with van der Waals surface area (Å²) in [6.45, 7) is 6.40. The van der Waals surface area contributed by atoms with Crippen molar-refractivity contribution in [2.45, 2.75) is 168 Å².